The van der Waals surface area contributed by atoms with Gasteiger partial charge in [0.2, 0.25) is 10.0 Å². The quantitative estimate of drug-likeness (QED) is 0.411. The standard InChI is InChI=1S/C22H18ClN5O3S2/c23-15-6-11-19-18(12-15)20(21(29)27(19)13-14-4-2-1-3-5-14)26-28(22(24)32)16-7-9-17(10-8-16)33(25,30)31/h1-12H,13H2,(H2,24,32)(H2,25,30,31)/b26-20-. The lowest BCUT2D eigenvalue weighted by atomic mass is 10.1. The molecule has 11 heteroatoms. The molecule has 0 bridgehead atoms. The maximum absolute atomic E-state index is 13.4. The highest BCUT2D eigenvalue weighted by Gasteiger charge is 2.35. The van der Waals surface area contributed by atoms with Crippen molar-refractivity contribution in [3.8, 4) is 0 Å². The summed E-state index contributed by atoms with van der Waals surface area (Å²) in [5.41, 5.74) is 8.47. The van der Waals surface area contributed by atoms with Crippen molar-refractivity contribution in [2.45, 2.75) is 11.4 Å². The predicted octanol–water partition coefficient (Wildman–Crippen LogP) is 2.99. The summed E-state index contributed by atoms with van der Waals surface area (Å²) in [6, 6.07) is 20.2. The number of carbonyl (C=O) groups excluding carboxylic acids is 1. The normalized spacial score (nSPS) is 14.4. The van der Waals surface area contributed by atoms with E-state index in [4.69, 9.17) is 34.7 Å². The summed E-state index contributed by atoms with van der Waals surface area (Å²) in [5, 5.41) is 11.1. The van der Waals surface area contributed by atoms with E-state index in [1.54, 1.807) is 23.1 Å². The highest BCUT2D eigenvalue weighted by molar-refractivity contribution is 7.89. The second-order valence-corrected chi connectivity index (χ2v) is 9.59. The number of halogens is 1. The van der Waals surface area contributed by atoms with Crippen LogP contribution >= 0.6 is 23.8 Å². The Bertz CT molecular complexity index is 1380. The molecule has 3 aromatic rings. The molecule has 0 atom stereocenters. The van der Waals surface area contributed by atoms with Gasteiger partial charge < -0.3 is 10.6 Å². The van der Waals surface area contributed by atoms with E-state index in [0.717, 1.165) is 5.56 Å². The maximum Gasteiger partial charge on any atom is 0.279 e. The number of rotatable bonds is 5. The van der Waals surface area contributed by atoms with Gasteiger partial charge in [0.1, 0.15) is 0 Å². The maximum atomic E-state index is 13.4. The van der Waals surface area contributed by atoms with Gasteiger partial charge in [0, 0.05) is 10.6 Å². The van der Waals surface area contributed by atoms with E-state index in [0.29, 0.717) is 28.5 Å². The first-order valence-corrected chi connectivity index (χ1v) is 11.9. The lowest BCUT2D eigenvalue weighted by Gasteiger charge is -2.19. The van der Waals surface area contributed by atoms with Crippen LogP contribution in [-0.4, -0.2) is 25.1 Å². The van der Waals surface area contributed by atoms with Crippen molar-refractivity contribution >= 4 is 61.9 Å². The lowest BCUT2D eigenvalue weighted by Crippen LogP contribution is -2.35. The zero-order valence-corrected chi connectivity index (χ0v) is 19.4. The Labute approximate surface area is 201 Å². The van der Waals surface area contributed by atoms with Gasteiger partial charge in [-0.25, -0.2) is 18.6 Å². The molecule has 0 spiro atoms. The average Bonchev–Trinajstić information content (AvgIpc) is 3.02. The Morgan fingerprint density at radius 3 is 2.33 bits per heavy atom. The van der Waals surface area contributed by atoms with Crippen LogP contribution in [0.1, 0.15) is 11.1 Å². The summed E-state index contributed by atoms with van der Waals surface area (Å²) < 4.78 is 23.1. The van der Waals surface area contributed by atoms with Gasteiger partial charge in [0.25, 0.3) is 5.91 Å². The Hall–Kier alpha value is -3.31. The summed E-state index contributed by atoms with van der Waals surface area (Å²) in [5.74, 6) is -0.349. The van der Waals surface area contributed by atoms with E-state index >= 15 is 0 Å². The van der Waals surface area contributed by atoms with Crippen molar-refractivity contribution in [2.75, 3.05) is 9.91 Å². The number of carbonyl (C=O) groups is 1. The molecular weight excluding hydrogens is 482 g/mol. The minimum absolute atomic E-state index is 0.0788. The van der Waals surface area contributed by atoms with Crippen LogP contribution in [0.25, 0.3) is 0 Å². The molecule has 0 unspecified atom stereocenters. The van der Waals surface area contributed by atoms with Crippen LogP contribution in [0.15, 0.2) is 82.8 Å². The van der Waals surface area contributed by atoms with Crippen LogP contribution < -0.4 is 20.8 Å². The van der Waals surface area contributed by atoms with Crippen molar-refractivity contribution < 1.29 is 13.2 Å². The van der Waals surface area contributed by atoms with E-state index < -0.39 is 10.0 Å². The summed E-state index contributed by atoms with van der Waals surface area (Å²) >= 11 is 11.3. The molecule has 3 aromatic carbocycles. The number of sulfonamides is 1. The van der Waals surface area contributed by atoms with Crippen molar-refractivity contribution in [3.05, 3.63) is 88.9 Å². The van der Waals surface area contributed by atoms with Crippen LogP contribution in [0.5, 0.6) is 0 Å². The Morgan fingerprint density at radius 2 is 1.73 bits per heavy atom. The minimum Gasteiger partial charge on any atom is -0.374 e. The number of fused-ring (bicyclic) bond motifs is 1. The molecule has 1 amide bonds. The molecular formula is C22H18ClN5O3S2. The largest absolute Gasteiger partial charge is 0.374 e. The summed E-state index contributed by atoms with van der Waals surface area (Å²) in [7, 11) is -3.87. The van der Waals surface area contributed by atoms with Crippen LogP contribution in [-0.2, 0) is 21.4 Å². The number of nitrogens with zero attached hydrogens (tertiary/aromatic N) is 3. The highest BCUT2D eigenvalue weighted by atomic mass is 35.5. The second-order valence-electron chi connectivity index (χ2n) is 7.18. The van der Waals surface area contributed by atoms with Gasteiger partial charge in [-0.05, 0) is 60.2 Å². The number of hydrogen-bond acceptors (Lipinski definition) is 5. The van der Waals surface area contributed by atoms with Crippen LogP contribution in [0, 0.1) is 0 Å². The van der Waals surface area contributed by atoms with E-state index in [1.807, 2.05) is 30.3 Å². The minimum atomic E-state index is -3.87. The molecule has 1 aliphatic heterocycles. The molecule has 0 aromatic heterocycles. The highest BCUT2D eigenvalue weighted by Crippen LogP contribution is 2.33. The Morgan fingerprint density at radius 1 is 1.06 bits per heavy atom. The summed E-state index contributed by atoms with van der Waals surface area (Å²) in [4.78, 5) is 14.9. The number of benzene rings is 3. The third-order valence-electron chi connectivity index (χ3n) is 4.95. The molecule has 0 saturated heterocycles. The Balaban J connectivity index is 1.77. The SMILES string of the molecule is NC(=S)N(/N=C1\C(=O)N(Cc2ccccc2)c2ccc(Cl)cc21)c1ccc(S(N)(=O)=O)cc1. The fourth-order valence-corrected chi connectivity index (χ4v) is 4.25. The summed E-state index contributed by atoms with van der Waals surface area (Å²) in [6.07, 6.45) is 0. The third-order valence-corrected chi connectivity index (χ3v) is 6.29. The molecule has 8 nitrogen and oxygen atoms in total. The van der Waals surface area contributed by atoms with Crippen LogP contribution in [0.3, 0.4) is 0 Å². The third kappa shape index (κ3) is 4.74. The molecule has 4 N–H and O–H groups in total. The first kappa shape index (κ1) is 22.9. The zero-order chi connectivity index (χ0) is 23.8. The average molecular weight is 500 g/mol. The van der Waals surface area contributed by atoms with Crippen molar-refractivity contribution in [1.82, 2.24) is 0 Å². The predicted molar refractivity (Wildman–Crippen MR) is 133 cm³/mol. The van der Waals surface area contributed by atoms with E-state index in [2.05, 4.69) is 5.10 Å². The molecule has 1 heterocycles. The lowest BCUT2D eigenvalue weighted by molar-refractivity contribution is -0.112. The number of hydrogen-bond donors (Lipinski definition) is 2. The first-order valence-electron chi connectivity index (χ1n) is 9.62. The van der Waals surface area contributed by atoms with Gasteiger partial charge in [-0.2, -0.15) is 5.10 Å². The molecule has 0 saturated carbocycles. The van der Waals surface area contributed by atoms with Gasteiger partial charge in [-0.1, -0.05) is 41.9 Å². The number of amides is 1. The second kappa shape index (κ2) is 8.91. The van der Waals surface area contributed by atoms with E-state index in [9.17, 15) is 13.2 Å². The van der Waals surface area contributed by atoms with Crippen molar-refractivity contribution in [2.24, 2.45) is 16.0 Å². The fraction of sp³-hybridized carbons (Fsp3) is 0.0455. The van der Waals surface area contributed by atoms with Crippen molar-refractivity contribution in [1.29, 1.82) is 0 Å². The number of hydrazone groups is 1. The molecule has 0 fully saturated rings. The molecule has 1 aliphatic rings. The van der Waals surface area contributed by atoms with Crippen LogP contribution in [0.4, 0.5) is 11.4 Å². The van der Waals surface area contributed by atoms with Gasteiger partial charge in [-0.3, -0.25) is 4.79 Å². The molecule has 168 valence electrons. The zero-order valence-electron chi connectivity index (χ0n) is 17.1. The number of nitrogens with two attached hydrogens (primary N) is 2. The van der Waals surface area contributed by atoms with Crippen molar-refractivity contribution in [3.63, 3.8) is 0 Å². The molecule has 0 radical (unpaired) electrons. The number of anilines is 2. The van der Waals surface area contributed by atoms with Gasteiger partial charge in [0.05, 0.1) is 22.8 Å². The smallest absolute Gasteiger partial charge is 0.279 e. The topological polar surface area (TPSA) is 122 Å². The van der Waals surface area contributed by atoms with Gasteiger partial charge in [0.15, 0.2) is 10.8 Å². The Kier molecular flexibility index (Phi) is 6.17. The first-order chi connectivity index (χ1) is 15.6. The monoisotopic (exact) mass is 499 g/mol. The van der Waals surface area contributed by atoms with E-state index in [-0.39, 0.29) is 21.6 Å². The molecule has 4 rings (SSSR count). The summed E-state index contributed by atoms with van der Waals surface area (Å²) in [6.45, 7) is 0.337. The van der Waals surface area contributed by atoms with Crippen LogP contribution in [0.2, 0.25) is 5.02 Å². The van der Waals surface area contributed by atoms with Gasteiger partial charge >= 0.3 is 0 Å². The molecule has 33 heavy (non-hydrogen) atoms. The molecule has 0 aliphatic carbocycles. The number of thiocarbonyl (C=S) groups is 1. The van der Waals surface area contributed by atoms with E-state index in [1.165, 1.54) is 29.3 Å². The fourth-order valence-electron chi connectivity index (χ4n) is 3.42. The number of primary sulfonamides is 1. The van der Waals surface area contributed by atoms with Gasteiger partial charge in [-0.15, -0.1) is 0 Å².